The molecule has 2 N–H and O–H groups in total. The maximum absolute atomic E-state index is 12.4. The van der Waals surface area contributed by atoms with Crippen molar-refractivity contribution < 1.29 is 19.5 Å². The Labute approximate surface area is 152 Å². The van der Waals surface area contributed by atoms with Gasteiger partial charge in [0.2, 0.25) is 5.91 Å². The van der Waals surface area contributed by atoms with Crippen molar-refractivity contribution in [1.82, 2.24) is 10.2 Å². The molecule has 1 fully saturated rings. The van der Waals surface area contributed by atoms with Crippen molar-refractivity contribution in [2.45, 2.75) is 31.1 Å². The average Bonchev–Trinajstić information content (AvgIpc) is 3.12. The van der Waals surface area contributed by atoms with E-state index in [9.17, 15) is 14.4 Å². The second kappa shape index (κ2) is 9.46. The highest BCUT2D eigenvalue weighted by Gasteiger charge is 2.19. The van der Waals surface area contributed by atoms with Crippen molar-refractivity contribution in [2.75, 3.05) is 25.4 Å². The number of carboxylic acids is 1. The molecule has 0 aliphatic carbocycles. The SMILES string of the molecule is CC(CNC(=O)c1ccccc1SCC(=O)N1CCCC1)CC(=O)O. The summed E-state index contributed by atoms with van der Waals surface area (Å²) in [6, 6.07) is 7.17. The van der Waals surface area contributed by atoms with Crippen LogP contribution in [0.4, 0.5) is 0 Å². The minimum Gasteiger partial charge on any atom is -0.481 e. The maximum atomic E-state index is 12.4. The van der Waals surface area contributed by atoms with Gasteiger partial charge in [0, 0.05) is 31.0 Å². The summed E-state index contributed by atoms with van der Waals surface area (Å²) in [5, 5.41) is 11.5. The van der Waals surface area contributed by atoms with Crippen LogP contribution in [0.3, 0.4) is 0 Å². The van der Waals surface area contributed by atoms with E-state index in [2.05, 4.69) is 5.32 Å². The minimum absolute atomic E-state index is 0.0149. The molecule has 0 bridgehead atoms. The van der Waals surface area contributed by atoms with E-state index in [-0.39, 0.29) is 24.2 Å². The third-order valence-electron chi connectivity index (χ3n) is 4.08. The predicted octanol–water partition coefficient (Wildman–Crippen LogP) is 2.24. The third kappa shape index (κ3) is 6.08. The normalized spacial score (nSPS) is 15.0. The Morgan fingerprint density at radius 2 is 1.92 bits per heavy atom. The van der Waals surface area contributed by atoms with Gasteiger partial charge in [0.25, 0.3) is 5.91 Å². The molecule has 1 heterocycles. The minimum atomic E-state index is -0.877. The number of carbonyl (C=O) groups is 3. The lowest BCUT2D eigenvalue weighted by Crippen LogP contribution is -2.30. The van der Waals surface area contributed by atoms with Crippen molar-refractivity contribution in [3.63, 3.8) is 0 Å². The molecule has 1 saturated heterocycles. The number of aliphatic carboxylic acids is 1. The molecular weight excluding hydrogens is 340 g/mol. The Hall–Kier alpha value is -2.02. The molecule has 6 nitrogen and oxygen atoms in total. The van der Waals surface area contributed by atoms with Crippen LogP contribution in [0.1, 0.15) is 36.5 Å². The number of hydrogen-bond acceptors (Lipinski definition) is 4. The van der Waals surface area contributed by atoms with Gasteiger partial charge >= 0.3 is 5.97 Å². The van der Waals surface area contributed by atoms with Gasteiger partial charge in [0.15, 0.2) is 0 Å². The molecular formula is C18H24N2O4S. The molecule has 1 unspecified atom stereocenters. The fourth-order valence-electron chi connectivity index (χ4n) is 2.71. The Morgan fingerprint density at radius 1 is 1.24 bits per heavy atom. The number of carboxylic acid groups (broad SMARTS) is 1. The largest absolute Gasteiger partial charge is 0.481 e. The first kappa shape index (κ1) is 19.3. The van der Waals surface area contributed by atoms with Crippen LogP contribution in [-0.2, 0) is 9.59 Å². The van der Waals surface area contributed by atoms with Crippen LogP contribution < -0.4 is 5.32 Å². The van der Waals surface area contributed by atoms with Crippen LogP contribution in [0.15, 0.2) is 29.2 Å². The zero-order chi connectivity index (χ0) is 18.2. The van der Waals surface area contributed by atoms with E-state index in [1.165, 1.54) is 11.8 Å². The number of hydrogen-bond donors (Lipinski definition) is 2. The molecule has 0 saturated carbocycles. The number of benzene rings is 1. The fraction of sp³-hybridized carbons (Fsp3) is 0.500. The van der Waals surface area contributed by atoms with E-state index in [0.29, 0.717) is 17.9 Å². The van der Waals surface area contributed by atoms with Crippen molar-refractivity contribution in [3.8, 4) is 0 Å². The van der Waals surface area contributed by atoms with Gasteiger partial charge in [-0.05, 0) is 30.9 Å². The van der Waals surface area contributed by atoms with E-state index in [4.69, 9.17) is 5.11 Å². The zero-order valence-electron chi connectivity index (χ0n) is 14.4. The lowest BCUT2D eigenvalue weighted by Gasteiger charge is -2.16. The van der Waals surface area contributed by atoms with Gasteiger partial charge in [-0.1, -0.05) is 19.1 Å². The average molecular weight is 364 g/mol. The Balaban J connectivity index is 1.91. The molecule has 25 heavy (non-hydrogen) atoms. The van der Waals surface area contributed by atoms with Gasteiger partial charge in [-0.25, -0.2) is 0 Å². The summed E-state index contributed by atoms with van der Waals surface area (Å²) in [7, 11) is 0. The Kier molecular flexibility index (Phi) is 7.31. The summed E-state index contributed by atoms with van der Waals surface area (Å²) in [6.45, 7) is 3.73. The second-order valence-corrected chi connectivity index (χ2v) is 7.30. The first-order chi connectivity index (χ1) is 12.0. The standard InChI is InChI=1S/C18H24N2O4S/c1-13(10-17(22)23)11-19-18(24)14-6-2-3-7-15(14)25-12-16(21)20-8-4-5-9-20/h2-3,6-7,13H,4-5,8-12H2,1H3,(H,19,24)(H,22,23). The summed E-state index contributed by atoms with van der Waals surface area (Å²) in [6.07, 6.45) is 2.13. The summed E-state index contributed by atoms with van der Waals surface area (Å²) >= 11 is 1.37. The van der Waals surface area contributed by atoms with Crippen molar-refractivity contribution in [1.29, 1.82) is 0 Å². The highest BCUT2D eigenvalue weighted by Crippen LogP contribution is 2.23. The molecule has 1 aromatic rings. The number of amides is 2. The molecule has 2 rings (SSSR count). The summed E-state index contributed by atoms with van der Waals surface area (Å²) < 4.78 is 0. The van der Waals surface area contributed by atoms with Crippen molar-refractivity contribution in [2.24, 2.45) is 5.92 Å². The zero-order valence-corrected chi connectivity index (χ0v) is 15.2. The second-order valence-electron chi connectivity index (χ2n) is 6.29. The maximum Gasteiger partial charge on any atom is 0.303 e. The topological polar surface area (TPSA) is 86.7 Å². The van der Waals surface area contributed by atoms with Gasteiger partial charge in [0.1, 0.15) is 0 Å². The van der Waals surface area contributed by atoms with Gasteiger partial charge in [0.05, 0.1) is 11.3 Å². The van der Waals surface area contributed by atoms with Crippen molar-refractivity contribution >= 4 is 29.5 Å². The summed E-state index contributed by atoms with van der Waals surface area (Å²) in [5.74, 6) is -0.836. The number of carbonyl (C=O) groups excluding carboxylic acids is 2. The van der Waals surface area contributed by atoms with Crippen LogP contribution in [0, 0.1) is 5.92 Å². The van der Waals surface area contributed by atoms with Gasteiger partial charge in [-0.3, -0.25) is 14.4 Å². The van der Waals surface area contributed by atoms with E-state index >= 15 is 0 Å². The van der Waals surface area contributed by atoms with Crippen LogP contribution in [0.25, 0.3) is 0 Å². The molecule has 0 aromatic heterocycles. The number of nitrogens with one attached hydrogen (secondary N) is 1. The fourth-order valence-corrected chi connectivity index (χ4v) is 3.66. The molecule has 1 aromatic carbocycles. The number of nitrogens with zero attached hydrogens (tertiary/aromatic N) is 1. The van der Waals surface area contributed by atoms with Crippen molar-refractivity contribution in [3.05, 3.63) is 29.8 Å². The quantitative estimate of drug-likeness (QED) is 0.691. The molecule has 136 valence electrons. The Bertz CT molecular complexity index is 629. The first-order valence-electron chi connectivity index (χ1n) is 8.47. The van der Waals surface area contributed by atoms with E-state index in [1.54, 1.807) is 19.1 Å². The van der Waals surface area contributed by atoms with E-state index in [1.807, 2.05) is 17.0 Å². The van der Waals surface area contributed by atoms with Gasteiger partial charge < -0.3 is 15.3 Å². The smallest absolute Gasteiger partial charge is 0.303 e. The molecule has 0 radical (unpaired) electrons. The Morgan fingerprint density at radius 3 is 2.60 bits per heavy atom. The van der Waals surface area contributed by atoms with Crippen LogP contribution in [-0.4, -0.2) is 53.2 Å². The van der Waals surface area contributed by atoms with Crippen LogP contribution >= 0.6 is 11.8 Å². The molecule has 1 aliphatic heterocycles. The monoisotopic (exact) mass is 364 g/mol. The molecule has 0 spiro atoms. The van der Waals surface area contributed by atoms with Crippen LogP contribution in [0.5, 0.6) is 0 Å². The molecule has 1 aliphatic rings. The molecule has 2 amide bonds. The lowest BCUT2D eigenvalue weighted by molar-refractivity contribution is -0.138. The highest BCUT2D eigenvalue weighted by molar-refractivity contribution is 8.00. The number of rotatable bonds is 8. The first-order valence-corrected chi connectivity index (χ1v) is 9.45. The van der Waals surface area contributed by atoms with Gasteiger partial charge in [-0.2, -0.15) is 0 Å². The lowest BCUT2D eigenvalue weighted by atomic mass is 10.1. The molecule has 7 heteroatoms. The van der Waals surface area contributed by atoms with E-state index in [0.717, 1.165) is 30.8 Å². The highest BCUT2D eigenvalue weighted by atomic mass is 32.2. The van der Waals surface area contributed by atoms with Crippen LogP contribution in [0.2, 0.25) is 0 Å². The number of thioether (sulfide) groups is 1. The third-order valence-corrected chi connectivity index (χ3v) is 5.13. The van der Waals surface area contributed by atoms with E-state index < -0.39 is 5.97 Å². The van der Waals surface area contributed by atoms with Gasteiger partial charge in [-0.15, -0.1) is 11.8 Å². The predicted molar refractivity (Wildman–Crippen MR) is 96.7 cm³/mol. The summed E-state index contributed by atoms with van der Waals surface area (Å²) in [4.78, 5) is 37.9. The molecule has 1 atom stereocenters. The number of likely N-dealkylation sites (tertiary alicyclic amines) is 1. The summed E-state index contributed by atoms with van der Waals surface area (Å²) in [5.41, 5.74) is 0.518.